The number of amides is 1. The van der Waals surface area contributed by atoms with E-state index in [1.807, 2.05) is 6.92 Å². The molecule has 5 nitrogen and oxygen atoms in total. The Morgan fingerprint density at radius 1 is 1.38 bits per heavy atom. The summed E-state index contributed by atoms with van der Waals surface area (Å²) in [5.74, 6) is -0.262. The van der Waals surface area contributed by atoms with Crippen LogP contribution in [0, 0.1) is 5.82 Å². The van der Waals surface area contributed by atoms with Gasteiger partial charge < -0.3 is 16.0 Å². The van der Waals surface area contributed by atoms with Crippen LogP contribution >= 0.6 is 23.2 Å². The number of benzene rings is 1. The van der Waals surface area contributed by atoms with Crippen molar-refractivity contribution < 1.29 is 9.18 Å². The summed E-state index contributed by atoms with van der Waals surface area (Å²) in [7, 11) is 0. The Labute approximate surface area is 160 Å². The van der Waals surface area contributed by atoms with Gasteiger partial charge in [0.2, 0.25) is 0 Å². The van der Waals surface area contributed by atoms with Crippen LogP contribution in [0.5, 0.6) is 0 Å². The van der Waals surface area contributed by atoms with E-state index in [9.17, 15) is 9.18 Å². The monoisotopic (exact) mass is 394 g/mol. The zero-order valence-electron chi connectivity index (χ0n) is 14.0. The lowest BCUT2D eigenvalue weighted by Gasteiger charge is -2.35. The van der Waals surface area contributed by atoms with Crippen LogP contribution in [0.25, 0.3) is 0 Å². The number of hydrogen-bond donors (Lipinski definition) is 2. The second-order valence-corrected chi connectivity index (χ2v) is 6.86. The van der Waals surface area contributed by atoms with Gasteiger partial charge in [-0.15, -0.1) is 0 Å². The van der Waals surface area contributed by atoms with E-state index in [4.69, 9.17) is 28.9 Å². The van der Waals surface area contributed by atoms with E-state index in [-0.39, 0.29) is 23.5 Å². The number of nitrogens with one attached hydrogen (secondary N) is 1. The number of halogens is 3. The molecule has 0 radical (unpaired) electrons. The molecule has 0 bridgehead atoms. The molecule has 0 spiro atoms. The third kappa shape index (κ3) is 3.76. The summed E-state index contributed by atoms with van der Waals surface area (Å²) in [6.07, 6.45) is 1.85. The molecule has 1 unspecified atom stereocenters. The predicted octanol–water partition coefficient (Wildman–Crippen LogP) is 4.04. The molecule has 26 heavy (non-hydrogen) atoms. The number of nitrogens with two attached hydrogens (primary N) is 1. The first-order valence-electron chi connectivity index (χ1n) is 7.98. The van der Waals surface area contributed by atoms with Crippen molar-refractivity contribution in [2.24, 2.45) is 5.73 Å². The Kier molecular flexibility index (Phi) is 5.34. The molecule has 1 amide bonds. The van der Waals surface area contributed by atoms with Gasteiger partial charge in [-0.1, -0.05) is 29.3 Å². The predicted molar refractivity (Wildman–Crippen MR) is 101 cm³/mol. The maximum Gasteiger partial charge on any atom is 0.256 e. The Hall–Kier alpha value is -2.31. The molecule has 1 aromatic carbocycles. The first kappa shape index (κ1) is 18.5. The van der Waals surface area contributed by atoms with E-state index in [1.165, 1.54) is 18.3 Å². The van der Waals surface area contributed by atoms with E-state index in [0.717, 1.165) is 5.70 Å². The topological polar surface area (TPSA) is 71.2 Å². The smallest absolute Gasteiger partial charge is 0.256 e. The van der Waals surface area contributed by atoms with Gasteiger partial charge in [-0.2, -0.15) is 0 Å². The van der Waals surface area contributed by atoms with E-state index >= 15 is 0 Å². The standard InChI is InChI=1S/C18H17Cl2FN4O/c1-10-7-15(24-16-8-11(21)5-6-23-16)14(22)9-25(10)18(26)12-3-2-4-13(19)17(12)20/h2-6,8,10H,7,9,22H2,1H3,(H,23,24). The number of aromatic nitrogens is 1. The van der Waals surface area contributed by atoms with Crippen molar-refractivity contribution in [1.82, 2.24) is 9.88 Å². The molecule has 1 aromatic heterocycles. The van der Waals surface area contributed by atoms with Crippen molar-refractivity contribution >= 4 is 34.9 Å². The summed E-state index contributed by atoms with van der Waals surface area (Å²) in [5.41, 5.74) is 7.69. The maximum absolute atomic E-state index is 13.3. The molecule has 2 aromatic rings. The zero-order chi connectivity index (χ0) is 18.8. The highest BCUT2D eigenvalue weighted by atomic mass is 35.5. The van der Waals surface area contributed by atoms with Crippen LogP contribution in [-0.4, -0.2) is 28.4 Å². The van der Waals surface area contributed by atoms with Crippen molar-refractivity contribution in [3.63, 3.8) is 0 Å². The summed E-state index contributed by atoms with van der Waals surface area (Å²) >= 11 is 12.2. The molecular weight excluding hydrogens is 378 g/mol. The number of anilines is 1. The normalized spacial score (nSPS) is 17.4. The molecule has 8 heteroatoms. The van der Waals surface area contributed by atoms with Crippen molar-refractivity contribution in [3.05, 3.63) is 69.3 Å². The molecule has 2 heterocycles. The quantitative estimate of drug-likeness (QED) is 0.823. The number of pyridine rings is 1. The minimum atomic E-state index is -0.391. The number of nitrogens with zero attached hydrogens (tertiary/aromatic N) is 2. The van der Waals surface area contributed by atoms with E-state index in [1.54, 1.807) is 23.1 Å². The molecule has 0 saturated carbocycles. The molecule has 136 valence electrons. The highest BCUT2D eigenvalue weighted by molar-refractivity contribution is 6.43. The van der Waals surface area contributed by atoms with Crippen molar-refractivity contribution in [3.8, 4) is 0 Å². The van der Waals surface area contributed by atoms with E-state index in [2.05, 4.69) is 10.3 Å². The van der Waals surface area contributed by atoms with Crippen molar-refractivity contribution in [2.45, 2.75) is 19.4 Å². The molecule has 0 aliphatic carbocycles. The minimum absolute atomic E-state index is 0.138. The summed E-state index contributed by atoms with van der Waals surface area (Å²) < 4.78 is 13.3. The summed E-state index contributed by atoms with van der Waals surface area (Å²) in [4.78, 5) is 18.6. The largest absolute Gasteiger partial charge is 0.399 e. The average molecular weight is 395 g/mol. The lowest BCUT2D eigenvalue weighted by molar-refractivity contribution is 0.0697. The molecule has 3 N–H and O–H groups in total. The van der Waals surface area contributed by atoms with Crippen LogP contribution in [0.4, 0.5) is 10.2 Å². The van der Waals surface area contributed by atoms with Crippen LogP contribution in [0.2, 0.25) is 10.0 Å². The van der Waals surface area contributed by atoms with Crippen LogP contribution in [0.15, 0.2) is 47.9 Å². The van der Waals surface area contributed by atoms with Crippen molar-refractivity contribution in [1.29, 1.82) is 0 Å². The van der Waals surface area contributed by atoms with Crippen LogP contribution in [-0.2, 0) is 0 Å². The second kappa shape index (κ2) is 7.51. The molecule has 0 fully saturated rings. The lowest BCUT2D eigenvalue weighted by Crippen LogP contribution is -2.45. The number of rotatable bonds is 3. The minimum Gasteiger partial charge on any atom is -0.399 e. The number of hydrogen-bond acceptors (Lipinski definition) is 4. The van der Waals surface area contributed by atoms with Crippen LogP contribution in [0.1, 0.15) is 23.7 Å². The first-order valence-corrected chi connectivity index (χ1v) is 8.73. The maximum atomic E-state index is 13.3. The molecule has 1 aliphatic heterocycles. The zero-order valence-corrected chi connectivity index (χ0v) is 15.5. The van der Waals surface area contributed by atoms with Gasteiger partial charge in [0.25, 0.3) is 5.91 Å². The molecular formula is C18H17Cl2FN4O. The summed E-state index contributed by atoms with van der Waals surface area (Å²) in [6.45, 7) is 2.13. The lowest BCUT2D eigenvalue weighted by atomic mass is 10.0. The Morgan fingerprint density at radius 2 is 2.15 bits per heavy atom. The molecule has 1 aliphatic rings. The molecule has 3 rings (SSSR count). The number of carbonyl (C=O) groups excluding carboxylic acids is 1. The van der Waals surface area contributed by atoms with Gasteiger partial charge in [-0.25, -0.2) is 9.37 Å². The Morgan fingerprint density at radius 3 is 2.88 bits per heavy atom. The molecule has 0 saturated heterocycles. The van der Waals surface area contributed by atoms with Gasteiger partial charge >= 0.3 is 0 Å². The Balaban J connectivity index is 1.82. The fourth-order valence-corrected chi connectivity index (χ4v) is 3.21. The SMILES string of the molecule is CC1CC(Nc2cc(F)ccn2)=C(N)CN1C(=O)c1cccc(Cl)c1Cl. The van der Waals surface area contributed by atoms with Gasteiger partial charge in [0.15, 0.2) is 0 Å². The van der Waals surface area contributed by atoms with Gasteiger partial charge in [-0.3, -0.25) is 4.79 Å². The number of carbonyl (C=O) groups is 1. The van der Waals surface area contributed by atoms with Crippen LogP contribution in [0.3, 0.4) is 0 Å². The fraction of sp³-hybridized carbons (Fsp3) is 0.222. The van der Waals surface area contributed by atoms with Crippen LogP contribution < -0.4 is 11.1 Å². The first-order chi connectivity index (χ1) is 12.4. The highest BCUT2D eigenvalue weighted by Gasteiger charge is 2.29. The Bertz CT molecular complexity index is 887. The summed E-state index contributed by atoms with van der Waals surface area (Å²) in [5, 5.41) is 3.59. The van der Waals surface area contributed by atoms with Gasteiger partial charge in [-0.05, 0) is 25.1 Å². The third-order valence-corrected chi connectivity index (χ3v) is 5.02. The highest BCUT2D eigenvalue weighted by Crippen LogP contribution is 2.29. The van der Waals surface area contributed by atoms with Gasteiger partial charge in [0, 0.05) is 36.1 Å². The van der Waals surface area contributed by atoms with Crippen molar-refractivity contribution in [2.75, 3.05) is 11.9 Å². The third-order valence-electron chi connectivity index (χ3n) is 4.20. The van der Waals surface area contributed by atoms with E-state index < -0.39 is 5.82 Å². The average Bonchev–Trinajstić information content (AvgIpc) is 2.60. The van der Waals surface area contributed by atoms with E-state index in [0.29, 0.717) is 28.5 Å². The fourth-order valence-electron chi connectivity index (χ4n) is 2.83. The second-order valence-electron chi connectivity index (χ2n) is 6.08. The molecule has 1 atom stereocenters. The summed E-state index contributed by atoms with van der Waals surface area (Å²) in [6, 6.07) is 7.35. The van der Waals surface area contributed by atoms with Gasteiger partial charge in [0.1, 0.15) is 11.6 Å². The van der Waals surface area contributed by atoms with Gasteiger partial charge in [0.05, 0.1) is 22.2 Å².